The second-order valence-corrected chi connectivity index (χ2v) is 8.76. The van der Waals surface area contributed by atoms with E-state index in [0.29, 0.717) is 12.1 Å². The molecule has 0 spiro atoms. The topological polar surface area (TPSA) is 135 Å². The van der Waals surface area contributed by atoms with Gasteiger partial charge in [-0.25, -0.2) is 4.21 Å². The molecule has 0 fully saturated rings. The maximum atomic E-state index is 12.3. The van der Waals surface area contributed by atoms with E-state index in [4.69, 9.17) is 15.6 Å². The maximum absolute atomic E-state index is 12.3. The van der Waals surface area contributed by atoms with Gasteiger partial charge >= 0.3 is 5.97 Å². The Kier molecular flexibility index (Phi) is 6.06. The number of nitrogens with one attached hydrogen (secondary N) is 1. The normalized spacial score (nSPS) is 15.8. The van der Waals surface area contributed by atoms with Crippen LogP contribution in [0.2, 0.25) is 0 Å². The van der Waals surface area contributed by atoms with Crippen LogP contribution in [0.25, 0.3) is 5.57 Å². The number of carboxylic acids is 1. The Balaban J connectivity index is 2.66. The first-order valence-electron chi connectivity index (χ1n) is 7.26. The Labute approximate surface area is 136 Å². The highest BCUT2D eigenvalue weighted by atomic mass is 32.2. The van der Waals surface area contributed by atoms with Gasteiger partial charge in [0.05, 0.1) is 11.7 Å². The Bertz CT molecular complexity index is 678. The summed E-state index contributed by atoms with van der Waals surface area (Å²) in [6.45, 7) is 9.44. The highest BCUT2D eigenvalue weighted by Crippen LogP contribution is 2.20. The molecule has 1 rings (SSSR count). The van der Waals surface area contributed by atoms with Crippen molar-refractivity contribution in [1.82, 2.24) is 15.0 Å². The summed E-state index contributed by atoms with van der Waals surface area (Å²) in [5.74, 6) is -1.04. The van der Waals surface area contributed by atoms with E-state index in [1.54, 1.807) is 6.20 Å². The van der Waals surface area contributed by atoms with Crippen LogP contribution < -0.4 is 5.73 Å². The molecule has 0 aliphatic heterocycles. The van der Waals surface area contributed by atoms with Crippen molar-refractivity contribution in [1.29, 1.82) is 4.78 Å². The number of hydrogen-bond donors (Lipinski definition) is 3. The molecule has 0 aromatic carbocycles. The molecule has 0 aliphatic carbocycles. The van der Waals surface area contributed by atoms with Gasteiger partial charge in [0.1, 0.15) is 11.7 Å². The summed E-state index contributed by atoms with van der Waals surface area (Å²) >= 11 is 0. The molecule has 8 nitrogen and oxygen atoms in total. The van der Waals surface area contributed by atoms with E-state index in [2.05, 4.69) is 16.8 Å². The summed E-state index contributed by atoms with van der Waals surface area (Å²) in [7, 11) is -2.89. The molecule has 1 aromatic heterocycles. The van der Waals surface area contributed by atoms with Crippen molar-refractivity contribution in [3.8, 4) is 0 Å². The van der Waals surface area contributed by atoms with E-state index >= 15 is 0 Å². The smallest absolute Gasteiger partial charge is 0.320 e. The van der Waals surface area contributed by atoms with E-state index in [1.165, 1.54) is 4.80 Å². The number of aliphatic carboxylic acids is 1. The number of carboxylic acid groups (broad SMARTS) is 1. The van der Waals surface area contributed by atoms with Gasteiger partial charge in [0.15, 0.2) is 0 Å². The molecule has 1 aromatic rings. The summed E-state index contributed by atoms with van der Waals surface area (Å²) in [5, 5.41) is 17.3. The highest BCUT2D eigenvalue weighted by Gasteiger charge is 2.25. The van der Waals surface area contributed by atoms with E-state index in [9.17, 15) is 9.00 Å². The molecule has 0 radical (unpaired) electrons. The van der Waals surface area contributed by atoms with Gasteiger partial charge in [-0.05, 0) is 39.2 Å². The molecule has 0 amide bonds. The second kappa shape index (κ2) is 7.22. The fourth-order valence-electron chi connectivity index (χ4n) is 1.81. The summed E-state index contributed by atoms with van der Waals surface area (Å²) in [6.07, 6.45) is 2.08. The SMILES string of the molecule is C=C(C)c1cnn(C(C)(C)CCS(=N)(=O)CC[C@H](N)C(=O)O)n1. The Morgan fingerprint density at radius 1 is 1.57 bits per heavy atom. The molecule has 0 aliphatic rings. The summed E-state index contributed by atoms with van der Waals surface area (Å²) < 4.78 is 20.2. The lowest BCUT2D eigenvalue weighted by molar-refractivity contribution is -0.138. The van der Waals surface area contributed by atoms with Crippen LogP contribution in [0, 0.1) is 4.78 Å². The van der Waals surface area contributed by atoms with Gasteiger partial charge in [-0.2, -0.15) is 15.0 Å². The fourth-order valence-corrected chi connectivity index (χ4v) is 3.48. The second-order valence-electron chi connectivity index (χ2n) is 6.32. The van der Waals surface area contributed by atoms with Gasteiger partial charge in [-0.1, -0.05) is 6.58 Å². The number of nitrogens with zero attached hydrogens (tertiary/aromatic N) is 3. The highest BCUT2D eigenvalue weighted by molar-refractivity contribution is 7.92. The van der Waals surface area contributed by atoms with E-state index in [1.807, 2.05) is 20.8 Å². The van der Waals surface area contributed by atoms with Crippen molar-refractivity contribution in [3.05, 3.63) is 18.5 Å². The zero-order valence-corrected chi connectivity index (χ0v) is 14.6. The summed E-state index contributed by atoms with van der Waals surface area (Å²) in [5.41, 5.74) is 6.38. The minimum absolute atomic E-state index is 0.0257. The first-order chi connectivity index (χ1) is 10.4. The van der Waals surface area contributed by atoms with Crippen LogP contribution in [0.15, 0.2) is 12.8 Å². The third-order valence-electron chi connectivity index (χ3n) is 3.59. The Morgan fingerprint density at radius 3 is 2.65 bits per heavy atom. The van der Waals surface area contributed by atoms with Crippen molar-refractivity contribution in [3.63, 3.8) is 0 Å². The summed E-state index contributed by atoms with van der Waals surface area (Å²) in [6, 6.07) is -1.08. The minimum atomic E-state index is -2.89. The Hall–Kier alpha value is -1.74. The molecular formula is C14H25N5O3S. The van der Waals surface area contributed by atoms with Crippen molar-refractivity contribution in [2.75, 3.05) is 11.5 Å². The minimum Gasteiger partial charge on any atom is -0.480 e. The summed E-state index contributed by atoms with van der Waals surface area (Å²) in [4.78, 5) is 12.2. The zero-order chi connectivity index (χ0) is 17.8. The lowest BCUT2D eigenvalue weighted by Gasteiger charge is -2.24. The largest absolute Gasteiger partial charge is 0.480 e. The number of carbonyl (C=O) groups is 1. The molecule has 2 atom stereocenters. The first kappa shape index (κ1) is 19.3. The maximum Gasteiger partial charge on any atom is 0.320 e. The van der Waals surface area contributed by atoms with Crippen LogP contribution in [0.3, 0.4) is 0 Å². The van der Waals surface area contributed by atoms with Crippen LogP contribution in [-0.2, 0) is 20.1 Å². The molecule has 1 heterocycles. The van der Waals surface area contributed by atoms with Crippen LogP contribution in [-0.4, -0.2) is 47.8 Å². The van der Waals surface area contributed by atoms with Crippen LogP contribution in [0.5, 0.6) is 0 Å². The number of rotatable bonds is 9. The van der Waals surface area contributed by atoms with Gasteiger partial charge in [0.25, 0.3) is 0 Å². The average molecular weight is 343 g/mol. The van der Waals surface area contributed by atoms with Gasteiger partial charge in [0.2, 0.25) is 0 Å². The van der Waals surface area contributed by atoms with Crippen LogP contribution >= 0.6 is 0 Å². The van der Waals surface area contributed by atoms with E-state index in [-0.39, 0.29) is 17.9 Å². The molecular weight excluding hydrogens is 318 g/mol. The molecule has 9 heteroatoms. The first-order valence-corrected chi connectivity index (χ1v) is 9.15. The number of allylic oxidation sites excluding steroid dienone is 1. The molecule has 130 valence electrons. The molecule has 23 heavy (non-hydrogen) atoms. The van der Waals surface area contributed by atoms with Crippen molar-refractivity contribution in [2.45, 2.75) is 45.2 Å². The van der Waals surface area contributed by atoms with E-state index < -0.39 is 27.3 Å². The fraction of sp³-hybridized carbons (Fsp3) is 0.643. The van der Waals surface area contributed by atoms with Crippen molar-refractivity contribution < 1.29 is 14.1 Å². The molecule has 0 bridgehead atoms. The van der Waals surface area contributed by atoms with Gasteiger partial charge in [-0.15, -0.1) is 0 Å². The van der Waals surface area contributed by atoms with Crippen molar-refractivity contribution >= 4 is 21.3 Å². The predicted molar refractivity (Wildman–Crippen MR) is 89.5 cm³/mol. The molecule has 0 saturated carbocycles. The van der Waals surface area contributed by atoms with E-state index in [0.717, 1.165) is 5.57 Å². The average Bonchev–Trinajstić information content (AvgIpc) is 2.93. The van der Waals surface area contributed by atoms with Crippen LogP contribution in [0.4, 0.5) is 0 Å². The van der Waals surface area contributed by atoms with Gasteiger partial charge in [0, 0.05) is 21.2 Å². The van der Waals surface area contributed by atoms with Gasteiger partial charge < -0.3 is 10.8 Å². The lowest BCUT2D eigenvalue weighted by Crippen LogP contribution is -2.34. The van der Waals surface area contributed by atoms with Gasteiger partial charge in [-0.3, -0.25) is 9.57 Å². The third-order valence-corrected chi connectivity index (χ3v) is 5.35. The molecule has 4 N–H and O–H groups in total. The molecule has 1 unspecified atom stereocenters. The monoisotopic (exact) mass is 343 g/mol. The predicted octanol–water partition coefficient (Wildman–Crippen LogP) is 1.29. The van der Waals surface area contributed by atoms with Crippen LogP contribution in [0.1, 0.15) is 39.3 Å². The number of hydrogen-bond acceptors (Lipinski definition) is 6. The number of aromatic nitrogens is 3. The number of nitrogens with two attached hydrogens (primary N) is 1. The quantitative estimate of drug-likeness (QED) is 0.618. The van der Waals surface area contributed by atoms with Crippen molar-refractivity contribution in [2.24, 2.45) is 5.73 Å². The lowest BCUT2D eigenvalue weighted by atomic mass is 10.0. The zero-order valence-electron chi connectivity index (χ0n) is 13.8. The third kappa shape index (κ3) is 5.76. The molecule has 0 saturated heterocycles. The standard InChI is InChI=1S/C14H25N5O3S/c1-10(2)12-9-17-19(18-12)14(3,4)6-8-23(16,22)7-5-11(15)13(20)21/h9,11,16H,1,5-8,15H2,2-4H3,(H,20,21)/t11-,23?/m0/s1. The Morgan fingerprint density at radius 2 is 2.17 bits per heavy atom.